The van der Waals surface area contributed by atoms with Crippen LogP contribution in [0.4, 0.5) is 0 Å². The molecule has 156 valence electrons. The van der Waals surface area contributed by atoms with Gasteiger partial charge in [-0.1, -0.05) is 27.7 Å². The lowest BCUT2D eigenvalue weighted by Gasteiger charge is -2.41. The number of hydrogen-bond donors (Lipinski definition) is 0. The van der Waals surface area contributed by atoms with E-state index in [1.54, 1.807) is 0 Å². The summed E-state index contributed by atoms with van der Waals surface area (Å²) in [4.78, 5) is 24.9. The monoisotopic (exact) mass is 396 g/mol. The highest BCUT2D eigenvalue weighted by Crippen LogP contribution is 2.48. The molecule has 0 spiro atoms. The van der Waals surface area contributed by atoms with Gasteiger partial charge in [0.25, 0.3) is 0 Å². The topological polar surface area (TPSA) is 52.6 Å². The normalized spacial score (nSPS) is 35.7. The van der Waals surface area contributed by atoms with E-state index in [2.05, 4.69) is 40.8 Å². The second-order valence-corrected chi connectivity index (χ2v) is 16.1. The Hall–Kier alpha value is -0.523. The van der Waals surface area contributed by atoms with Crippen LogP contribution in [0.25, 0.3) is 0 Å². The molecule has 2 aliphatic carbocycles. The number of ketones is 1. The lowest BCUT2D eigenvalue weighted by Crippen LogP contribution is -2.45. The van der Waals surface area contributed by atoms with Gasteiger partial charge < -0.3 is 14.0 Å². The van der Waals surface area contributed by atoms with Crippen LogP contribution in [-0.4, -0.2) is 38.2 Å². The predicted molar refractivity (Wildman–Crippen MR) is 111 cm³/mol. The Labute approximate surface area is 166 Å². The summed E-state index contributed by atoms with van der Waals surface area (Å²) in [7, 11) is -1.92. The van der Waals surface area contributed by atoms with Gasteiger partial charge in [-0.2, -0.15) is 0 Å². The van der Waals surface area contributed by atoms with Gasteiger partial charge in [0.15, 0.2) is 8.32 Å². The predicted octanol–water partition coefficient (Wildman–Crippen LogP) is 5.01. The SMILES string of the molecule is C[C@H]1CC(=O)[C@@H]2[C@H](C[C@@H]1O[Si](C)(C)C(C)(C)C)C[C@H](C=O)[C@H]2OC(C)(C)C. The Morgan fingerprint density at radius 3 is 2.15 bits per heavy atom. The fourth-order valence-corrected chi connectivity index (χ4v) is 5.83. The average Bonchev–Trinajstić information content (AvgIpc) is 2.74. The van der Waals surface area contributed by atoms with Crippen LogP contribution in [0.1, 0.15) is 67.7 Å². The Kier molecular flexibility index (Phi) is 6.51. The van der Waals surface area contributed by atoms with Crippen molar-refractivity contribution >= 4 is 20.4 Å². The minimum Gasteiger partial charge on any atom is -0.414 e. The van der Waals surface area contributed by atoms with Crippen molar-refractivity contribution < 1.29 is 18.8 Å². The Morgan fingerprint density at radius 2 is 1.67 bits per heavy atom. The minimum absolute atomic E-state index is 0.0885. The fourth-order valence-electron chi connectivity index (χ4n) is 4.39. The van der Waals surface area contributed by atoms with Crippen LogP contribution in [-0.2, 0) is 18.8 Å². The third-order valence-corrected chi connectivity index (χ3v) is 11.3. The highest BCUT2D eigenvalue weighted by Gasteiger charge is 2.52. The van der Waals surface area contributed by atoms with Crippen LogP contribution in [0.5, 0.6) is 0 Å². The highest BCUT2D eigenvalue weighted by molar-refractivity contribution is 6.74. The number of hydrogen-bond acceptors (Lipinski definition) is 4. The van der Waals surface area contributed by atoms with Crippen molar-refractivity contribution in [1.82, 2.24) is 0 Å². The molecule has 0 N–H and O–H groups in total. The van der Waals surface area contributed by atoms with Crippen molar-refractivity contribution in [2.75, 3.05) is 0 Å². The van der Waals surface area contributed by atoms with Gasteiger partial charge in [0.05, 0.1) is 11.7 Å². The van der Waals surface area contributed by atoms with E-state index in [0.29, 0.717) is 6.42 Å². The number of aldehydes is 1. The van der Waals surface area contributed by atoms with Gasteiger partial charge in [0.1, 0.15) is 12.1 Å². The van der Waals surface area contributed by atoms with Gasteiger partial charge in [-0.05, 0) is 63.6 Å². The molecule has 0 heterocycles. The van der Waals surface area contributed by atoms with Crippen LogP contribution >= 0.6 is 0 Å². The van der Waals surface area contributed by atoms with Crippen LogP contribution < -0.4 is 0 Å². The summed E-state index contributed by atoms with van der Waals surface area (Å²) in [5, 5.41) is 0.140. The van der Waals surface area contributed by atoms with Gasteiger partial charge in [-0.25, -0.2) is 0 Å². The summed E-state index contributed by atoms with van der Waals surface area (Å²) in [5.41, 5.74) is -0.365. The molecule has 2 aliphatic rings. The first-order valence-corrected chi connectivity index (χ1v) is 13.4. The van der Waals surface area contributed by atoms with Crippen molar-refractivity contribution in [3.05, 3.63) is 0 Å². The summed E-state index contributed by atoms with van der Waals surface area (Å²) in [6.07, 6.45) is 2.93. The van der Waals surface area contributed by atoms with Crippen molar-refractivity contribution in [2.45, 2.75) is 104 Å². The number of Topliss-reactive ketones (excluding diaryl/α,β-unsaturated/α-hetero) is 1. The standard InChI is InChI=1S/C22H40O4Si/c1-14-10-17(24)19-15(11-16(13-23)20(19)25-21(2,3)4)12-18(14)26-27(8,9)22(5,6)7/h13-16,18-20H,10-12H2,1-9H3/t14-,15-,16+,18-,19-,20+/m0/s1. The lowest BCUT2D eigenvalue weighted by molar-refractivity contribution is -0.139. The third kappa shape index (κ3) is 5.10. The summed E-state index contributed by atoms with van der Waals surface area (Å²) in [5.74, 6) is 0.286. The van der Waals surface area contributed by atoms with E-state index >= 15 is 0 Å². The van der Waals surface area contributed by atoms with Crippen molar-refractivity contribution in [1.29, 1.82) is 0 Å². The second kappa shape index (κ2) is 7.72. The number of carbonyl (C=O) groups excluding carboxylic acids is 2. The minimum atomic E-state index is -1.92. The van der Waals surface area contributed by atoms with Crippen LogP contribution in [0.3, 0.4) is 0 Å². The molecular formula is C22H40O4Si. The lowest BCUT2D eigenvalue weighted by atomic mass is 9.88. The number of fused-ring (bicyclic) bond motifs is 1. The molecule has 0 radical (unpaired) electrons. The van der Waals surface area contributed by atoms with E-state index in [1.165, 1.54) is 0 Å². The molecule has 0 aromatic heterocycles. The zero-order valence-corrected chi connectivity index (χ0v) is 19.8. The maximum atomic E-state index is 13.1. The van der Waals surface area contributed by atoms with E-state index in [4.69, 9.17) is 9.16 Å². The molecule has 0 aromatic rings. The average molecular weight is 397 g/mol. The van der Waals surface area contributed by atoms with Gasteiger partial charge >= 0.3 is 0 Å². The summed E-state index contributed by atoms with van der Waals surface area (Å²) < 4.78 is 13.0. The molecule has 0 amide bonds. The van der Waals surface area contributed by atoms with Crippen molar-refractivity contribution in [2.24, 2.45) is 23.7 Å². The molecule has 0 aliphatic heterocycles. The molecule has 2 fully saturated rings. The van der Waals surface area contributed by atoms with E-state index < -0.39 is 8.32 Å². The molecule has 4 nitrogen and oxygen atoms in total. The Morgan fingerprint density at radius 1 is 1.07 bits per heavy atom. The summed E-state index contributed by atoms with van der Waals surface area (Å²) >= 11 is 0. The van der Waals surface area contributed by atoms with Crippen LogP contribution in [0, 0.1) is 23.7 Å². The van der Waals surface area contributed by atoms with Gasteiger partial charge in [0, 0.05) is 24.4 Å². The molecule has 0 unspecified atom stereocenters. The second-order valence-electron chi connectivity index (χ2n) is 11.3. The highest BCUT2D eigenvalue weighted by atomic mass is 28.4. The van der Waals surface area contributed by atoms with E-state index in [0.717, 1.165) is 19.1 Å². The van der Waals surface area contributed by atoms with E-state index in [1.807, 2.05) is 20.8 Å². The zero-order valence-electron chi connectivity index (χ0n) is 18.8. The van der Waals surface area contributed by atoms with Crippen molar-refractivity contribution in [3.63, 3.8) is 0 Å². The van der Waals surface area contributed by atoms with Gasteiger partial charge in [-0.3, -0.25) is 4.79 Å². The van der Waals surface area contributed by atoms with Crippen LogP contribution in [0.2, 0.25) is 18.1 Å². The first-order chi connectivity index (χ1) is 12.2. The molecule has 0 aromatic carbocycles. The first kappa shape index (κ1) is 22.8. The van der Waals surface area contributed by atoms with E-state index in [9.17, 15) is 9.59 Å². The largest absolute Gasteiger partial charge is 0.414 e. The molecule has 2 rings (SSSR count). The summed E-state index contributed by atoms with van der Waals surface area (Å²) in [6, 6.07) is 0. The number of ether oxygens (including phenoxy) is 1. The molecule has 0 bridgehead atoms. The quantitative estimate of drug-likeness (QED) is 0.495. The number of rotatable bonds is 4. The van der Waals surface area contributed by atoms with Gasteiger partial charge in [-0.15, -0.1) is 0 Å². The maximum absolute atomic E-state index is 13.1. The third-order valence-electron chi connectivity index (χ3n) is 6.84. The fraction of sp³-hybridized carbons (Fsp3) is 0.909. The van der Waals surface area contributed by atoms with Crippen LogP contribution in [0.15, 0.2) is 0 Å². The molecule has 27 heavy (non-hydrogen) atoms. The van der Waals surface area contributed by atoms with Gasteiger partial charge in [0.2, 0.25) is 0 Å². The molecular weight excluding hydrogens is 356 g/mol. The molecule has 0 saturated heterocycles. The summed E-state index contributed by atoms with van der Waals surface area (Å²) in [6.45, 7) is 19.4. The smallest absolute Gasteiger partial charge is 0.192 e. The number of carbonyl (C=O) groups is 2. The van der Waals surface area contributed by atoms with E-state index in [-0.39, 0.29) is 52.3 Å². The maximum Gasteiger partial charge on any atom is 0.192 e. The molecule has 5 heteroatoms. The zero-order chi connectivity index (χ0) is 20.8. The molecule has 2 saturated carbocycles. The molecule has 6 atom stereocenters. The Bertz CT molecular complexity index is 558. The van der Waals surface area contributed by atoms with Crippen molar-refractivity contribution in [3.8, 4) is 0 Å². The Balaban J connectivity index is 2.27. The first-order valence-electron chi connectivity index (χ1n) is 10.5.